The Balaban J connectivity index is 0.000000246. The zero-order valence-electron chi connectivity index (χ0n) is 16.6. The van der Waals surface area contributed by atoms with Crippen LogP contribution in [0.1, 0.15) is 30.1 Å². The van der Waals surface area contributed by atoms with Gasteiger partial charge in [-0.2, -0.15) is 0 Å². The van der Waals surface area contributed by atoms with E-state index in [1.54, 1.807) is 0 Å². The van der Waals surface area contributed by atoms with Gasteiger partial charge >= 0.3 is 0 Å². The number of hydrogen-bond donors (Lipinski definition) is 3. The zero-order chi connectivity index (χ0) is 21.0. The average molecular weight is 398 g/mol. The van der Waals surface area contributed by atoms with Gasteiger partial charge in [-0.05, 0) is 37.1 Å². The number of nitrogens with one attached hydrogen (secondary N) is 2. The average Bonchev–Trinajstić information content (AvgIpc) is 3.25. The molecule has 1 saturated heterocycles. The Morgan fingerprint density at radius 2 is 1.86 bits per heavy atom. The van der Waals surface area contributed by atoms with Gasteiger partial charge in [0, 0.05) is 24.1 Å². The highest BCUT2D eigenvalue weighted by Gasteiger charge is 2.23. The molecule has 1 aliphatic heterocycles. The number of allylic oxidation sites excluding steroid dienone is 6. The minimum absolute atomic E-state index is 0.0322. The lowest BCUT2D eigenvalue weighted by Gasteiger charge is -2.24. The first-order valence-electron chi connectivity index (χ1n) is 9.64. The Morgan fingerprint density at radius 3 is 2.31 bits per heavy atom. The van der Waals surface area contributed by atoms with Crippen molar-refractivity contribution in [1.29, 1.82) is 0 Å². The molecular weight excluding hydrogens is 372 g/mol. The van der Waals surface area contributed by atoms with E-state index in [1.807, 2.05) is 0 Å². The summed E-state index contributed by atoms with van der Waals surface area (Å²) in [5.41, 5.74) is 8.32. The molecule has 3 aliphatic rings. The first kappa shape index (κ1) is 20.6. The van der Waals surface area contributed by atoms with Crippen molar-refractivity contribution in [2.45, 2.75) is 25.8 Å². The van der Waals surface area contributed by atoms with Crippen LogP contribution in [0.3, 0.4) is 0 Å². The number of ether oxygens (including phenoxy) is 1. The molecule has 1 heterocycles. The highest BCUT2D eigenvalue weighted by molar-refractivity contribution is 5.98. The Labute approximate surface area is 169 Å². The molecule has 4 rings (SSSR count). The summed E-state index contributed by atoms with van der Waals surface area (Å²) in [5, 5.41) is 17.0. The number of carbonyl (C=O) groups is 1. The fourth-order valence-electron chi connectivity index (χ4n) is 3.58. The third-order valence-corrected chi connectivity index (χ3v) is 5.40. The third-order valence-electron chi connectivity index (χ3n) is 5.40. The van der Waals surface area contributed by atoms with Gasteiger partial charge in [-0.3, -0.25) is 14.9 Å². The molecule has 4 N–H and O–H groups in total. The van der Waals surface area contributed by atoms with E-state index in [0.29, 0.717) is 5.92 Å². The summed E-state index contributed by atoms with van der Waals surface area (Å²) in [6.07, 6.45) is 10.4. The molecule has 0 saturated carbocycles. The third kappa shape index (κ3) is 4.65. The van der Waals surface area contributed by atoms with Crippen LogP contribution < -0.4 is 21.1 Å². The number of nitrogens with two attached hydrogens (primary N) is 1. The molecule has 8 nitrogen and oxygen atoms in total. The van der Waals surface area contributed by atoms with Gasteiger partial charge in [-0.15, -0.1) is 0 Å². The van der Waals surface area contributed by atoms with Crippen molar-refractivity contribution in [2.75, 3.05) is 25.9 Å². The van der Waals surface area contributed by atoms with Gasteiger partial charge in [0.05, 0.1) is 17.6 Å². The number of methoxy groups -OCH3 is 1. The number of nitrogens with zero attached hydrogens (tertiary/aromatic N) is 1. The standard InChI is InChI=1S/C13H18N4O4.C8H8/c1-21-12-7-10(14)11(17(19)20)6-9(12)13(18)16-8-2-4-15-5-3-8;1-6-7-2-3-8(6)5-4-7/h6-8,15H,2-5,14H2,1H3,(H,16,18);2-6H,1H3. The number of piperidine rings is 1. The Morgan fingerprint density at radius 1 is 1.24 bits per heavy atom. The van der Waals surface area contributed by atoms with E-state index in [0.717, 1.165) is 32.0 Å². The lowest BCUT2D eigenvalue weighted by Crippen LogP contribution is -2.42. The fraction of sp³-hybridized carbons (Fsp3) is 0.381. The Kier molecular flexibility index (Phi) is 6.33. The summed E-state index contributed by atoms with van der Waals surface area (Å²) in [7, 11) is 1.39. The maximum absolute atomic E-state index is 12.3. The van der Waals surface area contributed by atoms with Crippen LogP contribution in [0.2, 0.25) is 0 Å². The molecule has 0 aromatic heterocycles. The predicted molar refractivity (Wildman–Crippen MR) is 112 cm³/mol. The highest BCUT2D eigenvalue weighted by atomic mass is 16.6. The second-order valence-corrected chi connectivity index (χ2v) is 7.25. The number of fused-ring (bicyclic) bond motifs is 2. The van der Waals surface area contributed by atoms with Crippen LogP contribution in [-0.4, -0.2) is 37.1 Å². The first-order chi connectivity index (χ1) is 13.9. The molecule has 1 amide bonds. The van der Waals surface area contributed by atoms with Crippen molar-refractivity contribution < 1.29 is 14.5 Å². The van der Waals surface area contributed by atoms with Crippen molar-refractivity contribution in [1.82, 2.24) is 10.6 Å². The molecular formula is C21H26N4O4. The number of amides is 1. The number of benzene rings is 1. The summed E-state index contributed by atoms with van der Waals surface area (Å²) in [6.45, 7) is 3.92. The van der Waals surface area contributed by atoms with Gasteiger partial charge in [0.25, 0.3) is 11.6 Å². The lowest BCUT2D eigenvalue weighted by molar-refractivity contribution is -0.383. The van der Waals surface area contributed by atoms with Crippen LogP contribution in [-0.2, 0) is 0 Å². The van der Waals surface area contributed by atoms with Gasteiger partial charge < -0.3 is 21.1 Å². The normalized spacial score (nSPS) is 17.9. The van der Waals surface area contributed by atoms with Crippen molar-refractivity contribution in [3.63, 3.8) is 0 Å². The van der Waals surface area contributed by atoms with Crippen LogP contribution >= 0.6 is 0 Å². The molecule has 0 spiro atoms. The van der Waals surface area contributed by atoms with Gasteiger partial charge in [0.1, 0.15) is 11.4 Å². The molecule has 1 aromatic carbocycles. The number of nitrogen functional groups attached to an aromatic ring is 1. The summed E-state index contributed by atoms with van der Waals surface area (Å²) >= 11 is 0. The van der Waals surface area contributed by atoms with Crippen LogP contribution in [0.25, 0.3) is 0 Å². The van der Waals surface area contributed by atoms with Gasteiger partial charge in [0.2, 0.25) is 0 Å². The van der Waals surface area contributed by atoms with Crippen LogP contribution in [0.5, 0.6) is 5.75 Å². The molecule has 2 aliphatic carbocycles. The Hall–Kier alpha value is -3.13. The summed E-state index contributed by atoms with van der Waals surface area (Å²) in [5.74, 6) is 0.543. The van der Waals surface area contributed by atoms with Crippen LogP contribution in [0, 0.1) is 16.0 Å². The second-order valence-electron chi connectivity index (χ2n) is 7.25. The summed E-state index contributed by atoms with van der Waals surface area (Å²) < 4.78 is 5.10. The van der Waals surface area contributed by atoms with E-state index < -0.39 is 4.92 Å². The molecule has 1 fully saturated rings. The van der Waals surface area contributed by atoms with E-state index in [1.165, 1.54) is 24.3 Å². The van der Waals surface area contributed by atoms with Gasteiger partial charge in [0.15, 0.2) is 0 Å². The lowest BCUT2D eigenvalue weighted by atomic mass is 10.1. The first-order valence-corrected chi connectivity index (χ1v) is 9.64. The van der Waals surface area contributed by atoms with Gasteiger partial charge in [-0.25, -0.2) is 0 Å². The number of nitro benzene ring substituents is 1. The maximum Gasteiger partial charge on any atom is 0.293 e. The second kappa shape index (κ2) is 8.91. The van der Waals surface area contributed by atoms with E-state index >= 15 is 0 Å². The molecule has 29 heavy (non-hydrogen) atoms. The largest absolute Gasteiger partial charge is 0.496 e. The fourth-order valence-corrected chi connectivity index (χ4v) is 3.58. The SMILES string of the molecule is CC1C2=CC=C1C=C2.COc1cc(N)c([N+](=O)[O-])cc1C(=O)NC1CCNCC1. The van der Waals surface area contributed by atoms with E-state index in [-0.39, 0.29) is 34.6 Å². The molecule has 1 aromatic rings. The van der Waals surface area contributed by atoms with Crippen molar-refractivity contribution >= 4 is 17.3 Å². The minimum Gasteiger partial charge on any atom is -0.496 e. The summed E-state index contributed by atoms with van der Waals surface area (Å²) in [4.78, 5) is 22.6. The number of anilines is 1. The van der Waals surface area contributed by atoms with Crippen molar-refractivity contribution in [3.05, 3.63) is 63.3 Å². The van der Waals surface area contributed by atoms with E-state index in [2.05, 4.69) is 41.9 Å². The van der Waals surface area contributed by atoms with Crippen molar-refractivity contribution in [3.8, 4) is 5.75 Å². The molecule has 2 bridgehead atoms. The van der Waals surface area contributed by atoms with Crippen LogP contribution in [0.4, 0.5) is 11.4 Å². The monoisotopic (exact) mass is 398 g/mol. The summed E-state index contributed by atoms with van der Waals surface area (Å²) in [6, 6.07) is 2.51. The van der Waals surface area contributed by atoms with Crippen LogP contribution in [0.15, 0.2) is 47.6 Å². The van der Waals surface area contributed by atoms with Gasteiger partial charge in [-0.1, -0.05) is 31.2 Å². The topological polar surface area (TPSA) is 120 Å². The minimum atomic E-state index is -0.615. The van der Waals surface area contributed by atoms with Crippen molar-refractivity contribution in [2.24, 2.45) is 5.92 Å². The number of nitro groups is 1. The molecule has 0 atom stereocenters. The predicted octanol–water partition coefficient (Wildman–Crippen LogP) is 2.73. The Bertz CT molecular complexity index is 876. The number of rotatable bonds is 4. The maximum atomic E-state index is 12.3. The molecule has 154 valence electrons. The smallest absolute Gasteiger partial charge is 0.293 e. The highest BCUT2D eigenvalue weighted by Crippen LogP contribution is 2.34. The number of hydrogen-bond acceptors (Lipinski definition) is 6. The van der Waals surface area contributed by atoms with E-state index in [9.17, 15) is 14.9 Å². The number of carbonyl (C=O) groups excluding carboxylic acids is 1. The molecule has 8 heteroatoms. The molecule has 0 unspecified atom stereocenters. The van der Waals surface area contributed by atoms with E-state index in [4.69, 9.17) is 10.5 Å². The zero-order valence-corrected chi connectivity index (χ0v) is 16.6. The quantitative estimate of drug-likeness (QED) is 0.408. The molecule has 0 radical (unpaired) electrons.